The largest absolute Gasteiger partial charge is 1.00 e. The van der Waals surface area contributed by atoms with Crippen molar-refractivity contribution in [3.05, 3.63) is 0 Å². The van der Waals surface area contributed by atoms with Crippen LogP contribution in [0.15, 0.2) is 0 Å². The quantitative estimate of drug-likeness (QED) is 0.547. The zero-order valence-electron chi connectivity index (χ0n) is 10.6. The maximum atomic E-state index is 12.0. The Morgan fingerprint density at radius 3 is 2.50 bits per heavy atom. The van der Waals surface area contributed by atoms with Crippen LogP contribution in [-0.4, -0.2) is 51.9 Å². The van der Waals surface area contributed by atoms with Crippen LogP contribution in [0.2, 0.25) is 0 Å². The Morgan fingerprint density at radius 1 is 1.50 bits per heavy atom. The zero-order chi connectivity index (χ0) is 11.4. The molecule has 1 amide bonds. The predicted molar refractivity (Wildman–Crippen MR) is 67.2 cm³/mol. The van der Waals surface area contributed by atoms with Crippen molar-refractivity contribution in [1.29, 1.82) is 5.26 Å². The second-order valence-electron chi connectivity index (χ2n) is 4.10. The molecule has 0 radical (unpaired) electrons. The molecule has 0 saturated carbocycles. The Balaban J connectivity index is -0.000000750. The summed E-state index contributed by atoms with van der Waals surface area (Å²) < 4.78 is 0. The van der Waals surface area contributed by atoms with E-state index in [9.17, 15) is 4.79 Å². The lowest BCUT2D eigenvalue weighted by atomic mass is 10.0. The van der Waals surface area contributed by atoms with Crippen molar-refractivity contribution in [3.63, 3.8) is 0 Å². The van der Waals surface area contributed by atoms with E-state index in [1.807, 2.05) is 13.8 Å². The van der Waals surface area contributed by atoms with Gasteiger partial charge in [-0.25, -0.2) is 0 Å². The van der Waals surface area contributed by atoms with E-state index in [1.54, 1.807) is 16.7 Å². The first-order chi connectivity index (χ1) is 7.07. The average Bonchev–Trinajstić information content (AvgIpc) is 2.26. The molecule has 1 saturated heterocycles. The number of halogens is 1. The van der Waals surface area contributed by atoms with Gasteiger partial charge in [-0.1, -0.05) is 13.8 Å². The van der Waals surface area contributed by atoms with Crippen LogP contribution in [-0.2, 0) is 4.79 Å². The summed E-state index contributed by atoms with van der Waals surface area (Å²) in [6.07, 6.45) is 0. The molecule has 0 aromatic rings. The number of carbonyl (C=O) groups excluding carboxylic acids is 1. The number of rotatable bonds is 2. The van der Waals surface area contributed by atoms with E-state index >= 15 is 0 Å². The maximum absolute atomic E-state index is 12.0. The molecule has 18 heavy (non-hydrogen) atoms. The summed E-state index contributed by atoms with van der Waals surface area (Å²) in [6, 6.07) is 1.69. The Hall–Kier alpha value is -0.520. The standard InChI is InChI=1S/C10H17N3OS.ClH.2H2O/c1-7(2)9(12)10(14)13-3-4-15-6-8(13)5-11;;;/h7-9H,3-4,6,12H2,1-2H3;1H;2*1H2/t8-,9+;;;/m1.../s1. The summed E-state index contributed by atoms with van der Waals surface area (Å²) in [5.74, 6) is 1.91. The van der Waals surface area contributed by atoms with Gasteiger partial charge >= 0.3 is 0 Å². The van der Waals surface area contributed by atoms with E-state index in [4.69, 9.17) is 5.26 Å². The number of hydrogen-bond acceptors (Lipinski definition) is 3. The van der Waals surface area contributed by atoms with E-state index in [2.05, 4.69) is 11.8 Å². The highest BCUT2D eigenvalue weighted by Gasteiger charge is 2.33. The molecule has 0 aliphatic carbocycles. The number of amides is 1. The van der Waals surface area contributed by atoms with Crippen LogP contribution in [0.3, 0.4) is 0 Å². The van der Waals surface area contributed by atoms with Crippen LogP contribution in [0.4, 0.5) is 0 Å². The molecule has 2 atom stereocenters. The fourth-order valence-electron chi connectivity index (χ4n) is 1.47. The monoisotopic (exact) mass is 299 g/mol. The number of thioether (sulfide) groups is 1. The summed E-state index contributed by atoms with van der Waals surface area (Å²) in [5, 5.41) is 8.95. The maximum Gasteiger partial charge on any atom is 0.282 e. The number of carbonyl (C=O) groups is 1. The first kappa shape index (κ1) is 22.6. The van der Waals surface area contributed by atoms with Crippen molar-refractivity contribution in [2.45, 2.75) is 25.9 Å². The predicted octanol–water partition coefficient (Wildman–Crippen LogP) is -4.92. The molecule has 1 heterocycles. The smallest absolute Gasteiger partial charge is 0.282 e. The van der Waals surface area contributed by atoms with Gasteiger partial charge in [0.1, 0.15) is 6.04 Å². The lowest BCUT2D eigenvalue weighted by Gasteiger charge is -2.32. The Bertz CT molecular complexity index is 286. The Morgan fingerprint density at radius 2 is 2.06 bits per heavy atom. The molecule has 1 aliphatic rings. The Labute approximate surface area is 118 Å². The van der Waals surface area contributed by atoms with Crippen LogP contribution in [0.25, 0.3) is 0 Å². The third-order valence-electron chi connectivity index (χ3n) is 2.68. The van der Waals surface area contributed by atoms with Crippen LogP contribution < -0.4 is 18.1 Å². The molecule has 108 valence electrons. The van der Waals surface area contributed by atoms with Gasteiger partial charge in [0.15, 0.2) is 6.04 Å². The average molecular weight is 300 g/mol. The summed E-state index contributed by atoms with van der Waals surface area (Å²) >= 11 is 1.73. The SMILES string of the molecule is CC(C)[C@H]([NH3+])C(=O)N1CCSC[C@H]1C#N.O.O.[Cl-]. The van der Waals surface area contributed by atoms with Gasteiger partial charge in [0.2, 0.25) is 0 Å². The highest BCUT2D eigenvalue weighted by Crippen LogP contribution is 2.17. The van der Waals surface area contributed by atoms with Crippen molar-refractivity contribution >= 4 is 17.7 Å². The number of nitriles is 1. The molecule has 7 N–H and O–H groups in total. The fraction of sp³-hybridized carbons (Fsp3) is 0.800. The van der Waals surface area contributed by atoms with Crippen LogP contribution >= 0.6 is 11.8 Å². The third kappa shape index (κ3) is 5.42. The molecule has 1 fully saturated rings. The van der Waals surface area contributed by atoms with Crippen LogP contribution in [0.1, 0.15) is 13.8 Å². The molecular weight excluding hydrogens is 278 g/mol. The highest BCUT2D eigenvalue weighted by molar-refractivity contribution is 7.99. The molecule has 0 unspecified atom stereocenters. The number of quaternary nitrogens is 1. The van der Waals surface area contributed by atoms with Gasteiger partial charge < -0.3 is 34.0 Å². The van der Waals surface area contributed by atoms with Crippen molar-refractivity contribution in [3.8, 4) is 6.07 Å². The van der Waals surface area contributed by atoms with Crippen LogP contribution in [0.5, 0.6) is 0 Å². The van der Waals surface area contributed by atoms with Gasteiger partial charge in [0.25, 0.3) is 5.91 Å². The van der Waals surface area contributed by atoms with Gasteiger partial charge in [-0.3, -0.25) is 4.79 Å². The van der Waals surface area contributed by atoms with Gasteiger partial charge in [0.05, 0.1) is 6.07 Å². The molecule has 0 aromatic carbocycles. The molecule has 1 aliphatic heterocycles. The highest BCUT2D eigenvalue weighted by atomic mass is 35.5. The minimum atomic E-state index is -0.265. The molecular formula is C10H22ClN3O3S. The molecule has 0 aromatic heterocycles. The second kappa shape index (κ2) is 10.4. The molecule has 0 spiro atoms. The van der Waals surface area contributed by atoms with Crippen molar-refractivity contribution in [1.82, 2.24) is 4.90 Å². The topological polar surface area (TPSA) is 135 Å². The minimum Gasteiger partial charge on any atom is -1.00 e. The Kier molecular flexibility index (Phi) is 13.1. The van der Waals surface area contributed by atoms with Gasteiger partial charge in [0, 0.05) is 24.0 Å². The lowest BCUT2D eigenvalue weighted by molar-refractivity contribution is -0.416. The van der Waals surface area contributed by atoms with E-state index in [0.717, 1.165) is 11.5 Å². The molecule has 1 rings (SSSR count). The molecule has 0 bridgehead atoms. The summed E-state index contributed by atoms with van der Waals surface area (Å²) in [4.78, 5) is 13.7. The lowest BCUT2D eigenvalue weighted by Crippen LogP contribution is -3.00. The molecule has 8 heteroatoms. The molecule has 6 nitrogen and oxygen atoms in total. The normalized spacial score (nSPS) is 19.7. The van der Waals surface area contributed by atoms with Gasteiger partial charge in [-0.15, -0.1) is 0 Å². The first-order valence-corrected chi connectivity index (χ1v) is 6.34. The zero-order valence-corrected chi connectivity index (χ0v) is 12.2. The minimum absolute atomic E-state index is 0. The number of hydrogen-bond donors (Lipinski definition) is 1. The van der Waals surface area contributed by atoms with E-state index in [1.165, 1.54) is 0 Å². The summed E-state index contributed by atoms with van der Waals surface area (Å²) in [6.45, 7) is 4.64. The van der Waals surface area contributed by atoms with Crippen molar-refractivity contribution < 1.29 is 33.9 Å². The van der Waals surface area contributed by atoms with Gasteiger partial charge in [-0.2, -0.15) is 17.0 Å². The number of nitrogens with zero attached hydrogens (tertiary/aromatic N) is 2. The van der Waals surface area contributed by atoms with Gasteiger partial charge in [-0.05, 0) is 0 Å². The van der Waals surface area contributed by atoms with Crippen LogP contribution in [0, 0.1) is 17.2 Å². The summed E-state index contributed by atoms with van der Waals surface area (Å²) in [5.41, 5.74) is 3.87. The second-order valence-corrected chi connectivity index (χ2v) is 5.25. The van der Waals surface area contributed by atoms with E-state index < -0.39 is 0 Å². The van der Waals surface area contributed by atoms with E-state index in [0.29, 0.717) is 6.54 Å². The van der Waals surface area contributed by atoms with Crippen molar-refractivity contribution in [2.24, 2.45) is 5.92 Å². The first-order valence-electron chi connectivity index (χ1n) is 5.18. The fourth-order valence-corrected chi connectivity index (χ4v) is 2.44. The van der Waals surface area contributed by atoms with E-state index in [-0.39, 0.29) is 47.3 Å². The summed E-state index contributed by atoms with van der Waals surface area (Å²) in [7, 11) is 0. The third-order valence-corrected chi connectivity index (χ3v) is 3.71. The van der Waals surface area contributed by atoms with Crippen molar-refractivity contribution in [2.75, 3.05) is 18.1 Å².